The highest BCUT2D eigenvalue weighted by Gasteiger charge is 2.33. The number of carbonyl (C=O) groups is 2. The normalized spacial score (nSPS) is 11.1. The first-order valence-corrected chi connectivity index (χ1v) is 6.52. The number of anilines is 1. The summed E-state index contributed by atoms with van der Waals surface area (Å²) >= 11 is 5.88. The van der Waals surface area contributed by atoms with Crippen molar-refractivity contribution in [3.8, 4) is 0 Å². The van der Waals surface area contributed by atoms with E-state index in [-0.39, 0.29) is 22.7 Å². The number of hydrogen-bond donors (Lipinski definition) is 2. The molecule has 0 saturated carbocycles. The van der Waals surface area contributed by atoms with Gasteiger partial charge in [-0.15, -0.1) is 0 Å². The second-order valence-corrected chi connectivity index (χ2v) is 4.66. The molecule has 1 aromatic carbocycles. The third kappa shape index (κ3) is 5.65. The van der Waals surface area contributed by atoms with Gasteiger partial charge in [0.15, 0.2) is 0 Å². The van der Waals surface area contributed by atoms with Crippen molar-refractivity contribution in [3.05, 3.63) is 28.8 Å². The Morgan fingerprint density at radius 1 is 1.38 bits per heavy atom. The number of rotatable bonds is 6. The summed E-state index contributed by atoms with van der Waals surface area (Å²) in [5, 5.41) is 2.53. The van der Waals surface area contributed by atoms with Crippen LogP contribution in [0.3, 0.4) is 0 Å². The number of carbonyl (C=O) groups excluding carboxylic acids is 2. The first kappa shape index (κ1) is 17.3. The summed E-state index contributed by atoms with van der Waals surface area (Å²) in [7, 11) is 0. The molecule has 0 fully saturated rings. The number of amides is 2. The Morgan fingerprint density at radius 2 is 2.05 bits per heavy atom. The molecule has 1 aromatic rings. The van der Waals surface area contributed by atoms with Crippen LogP contribution in [-0.2, 0) is 20.8 Å². The van der Waals surface area contributed by atoms with Gasteiger partial charge in [0, 0.05) is 13.3 Å². The highest BCUT2D eigenvalue weighted by atomic mass is 35.5. The van der Waals surface area contributed by atoms with E-state index in [2.05, 4.69) is 10.2 Å². The first-order chi connectivity index (χ1) is 9.75. The third-order valence-corrected chi connectivity index (χ3v) is 2.75. The van der Waals surface area contributed by atoms with Gasteiger partial charge in [0.05, 0.1) is 17.1 Å². The Kier molecular flexibility index (Phi) is 6.04. The Morgan fingerprint density at radius 3 is 2.62 bits per heavy atom. The standard InChI is InChI=1S/C13H15ClF2N2O3/c1-3-11(20)18-21-13(15,16)7-9-5-4-6-10(14)12(9)17-8(2)19/h4-6H,3,7H2,1-2H3,(H,17,19)(H,18,20). The second-order valence-electron chi connectivity index (χ2n) is 4.25. The Balaban J connectivity index is 2.88. The fourth-order valence-corrected chi connectivity index (χ4v) is 1.74. The fourth-order valence-electron chi connectivity index (χ4n) is 1.49. The molecule has 0 saturated heterocycles. The highest BCUT2D eigenvalue weighted by molar-refractivity contribution is 6.33. The van der Waals surface area contributed by atoms with E-state index in [4.69, 9.17) is 11.6 Å². The van der Waals surface area contributed by atoms with E-state index in [1.165, 1.54) is 32.0 Å². The van der Waals surface area contributed by atoms with Crippen LogP contribution in [-0.4, -0.2) is 17.9 Å². The number of hydroxylamine groups is 1. The third-order valence-electron chi connectivity index (χ3n) is 2.43. The fraction of sp³-hybridized carbons (Fsp3) is 0.385. The van der Waals surface area contributed by atoms with Gasteiger partial charge in [-0.1, -0.05) is 30.7 Å². The molecule has 0 bridgehead atoms. The van der Waals surface area contributed by atoms with E-state index in [0.717, 1.165) is 0 Å². The average Bonchev–Trinajstić information content (AvgIpc) is 2.39. The Bertz CT molecular complexity index is 538. The molecular formula is C13H15ClF2N2O3. The van der Waals surface area contributed by atoms with E-state index in [0.29, 0.717) is 0 Å². The zero-order chi connectivity index (χ0) is 16.0. The van der Waals surface area contributed by atoms with Crippen molar-refractivity contribution in [2.24, 2.45) is 0 Å². The molecule has 21 heavy (non-hydrogen) atoms. The van der Waals surface area contributed by atoms with Gasteiger partial charge >= 0.3 is 6.11 Å². The van der Waals surface area contributed by atoms with Gasteiger partial charge in [0.1, 0.15) is 0 Å². The number of para-hydroxylation sites is 1. The molecule has 1 rings (SSSR count). The smallest absolute Gasteiger partial charge is 0.325 e. The minimum Gasteiger partial charge on any atom is -0.325 e. The maximum Gasteiger partial charge on any atom is 0.379 e. The van der Waals surface area contributed by atoms with Gasteiger partial charge in [-0.05, 0) is 11.6 Å². The number of halogens is 3. The van der Waals surface area contributed by atoms with Crippen LogP contribution in [0.25, 0.3) is 0 Å². The lowest BCUT2D eigenvalue weighted by Gasteiger charge is -2.19. The average molecular weight is 321 g/mol. The topological polar surface area (TPSA) is 67.4 Å². The molecule has 0 radical (unpaired) electrons. The molecule has 2 amide bonds. The van der Waals surface area contributed by atoms with E-state index >= 15 is 0 Å². The van der Waals surface area contributed by atoms with Crippen LogP contribution in [0.5, 0.6) is 0 Å². The molecule has 0 aromatic heterocycles. The molecular weight excluding hydrogens is 306 g/mol. The lowest BCUT2D eigenvalue weighted by molar-refractivity contribution is -0.267. The summed E-state index contributed by atoms with van der Waals surface area (Å²) in [5.74, 6) is -1.10. The number of nitrogens with one attached hydrogen (secondary N) is 2. The van der Waals surface area contributed by atoms with Crippen molar-refractivity contribution < 1.29 is 23.2 Å². The van der Waals surface area contributed by atoms with Crippen LogP contribution in [0.2, 0.25) is 5.02 Å². The van der Waals surface area contributed by atoms with Crippen LogP contribution in [0.1, 0.15) is 25.8 Å². The van der Waals surface area contributed by atoms with Crippen LogP contribution >= 0.6 is 11.6 Å². The van der Waals surface area contributed by atoms with Gasteiger partial charge in [-0.3, -0.25) is 9.59 Å². The van der Waals surface area contributed by atoms with Gasteiger partial charge in [-0.2, -0.15) is 8.78 Å². The molecule has 0 aliphatic heterocycles. The zero-order valence-corrected chi connectivity index (χ0v) is 12.3. The monoisotopic (exact) mass is 320 g/mol. The minimum absolute atomic E-state index is 0.0182. The van der Waals surface area contributed by atoms with E-state index in [1.54, 1.807) is 5.48 Å². The van der Waals surface area contributed by atoms with Crippen LogP contribution < -0.4 is 10.8 Å². The number of benzene rings is 1. The molecule has 0 unspecified atom stereocenters. The van der Waals surface area contributed by atoms with Crippen LogP contribution in [0.4, 0.5) is 14.5 Å². The quantitative estimate of drug-likeness (QED) is 0.792. The van der Waals surface area contributed by atoms with Crippen molar-refractivity contribution in [2.75, 3.05) is 5.32 Å². The van der Waals surface area contributed by atoms with Crippen LogP contribution in [0, 0.1) is 0 Å². The maximum absolute atomic E-state index is 13.7. The molecule has 0 atom stereocenters. The second kappa shape index (κ2) is 7.33. The molecule has 0 spiro atoms. The van der Waals surface area contributed by atoms with Gasteiger partial charge in [-0.25, -0.2) is 10.3 Å². The van der Waals surface area contributed by atoms with Gasteiger partial charge < -0.3 is 5.32 Å². The first-order valence-electron chi connectivity index (χ1n) is 6.15. The van der Waals surface area contributed by atoms with E-state index in [1.807, 2.05) is 0 Å². The lowest BCUT2D eigenvalue weighted by Crippen LogP contribution is -2.35. The van der Waals surface area contributed by atoms with Crippen molar-refractivity contribution in [2.45, 2.75) is 32.8 Å². The minimum atomic E-state index is -3.64. The SMILES string of the molecule is CCC(=O)NOC(F)(F)Cc1cccc(Cl)c1NC(C)=O. The Labute approximate surface area is 125 Å². The zero-order valence-electron chi connectivity index (χ0n) is 11.5. The molecule has 116 valence electrons. The lowest BCUT2D eigenvalue weighted by atomic mass is 10.1. The Hall–Kier alpha value is -1.73. The number of alkyl halides is 2. The maximum atomic E-state index is 13.7. The van der Waals surface area contributed by atoms with Gasteiger partial charge in [0.25, 0.3) is 0 Å². The predicted octanol–water partition coefficient (Wildman–Crippen LogP) is 2.89. The summed E-state index contributed by atoms with van der Waals surface area (Å²) in [6.45, 7) is 2.74. The molecule has 2 N–H and O–H groups in total. The largest absolute Gasteiger partial charge is 0.379 e. The molecule has 5 nitrogen and oxygen atoms in total. The van der Waals surface area contributed by atoms with Crippen molar-refractivity contribution in [1.82, 2.24) is 5.48 Å². The van der Waals surface area contributed by atoms with Crippen LogP contribution in [0.15, 0.2) is 18.2 Å². The van der Waals surface area contributed by atoms with Crippen molar-refractivity contribution >= 4 is 29.1 Å². The number of hydrogen-bond acceptors (Lipinski definition) is 3. The van der Waals surface area contributed by atoms with E-state index in [9.17, 15) is 18.4 Å². The predicted molar refractivity (Wildman–Crippen MR) is 73.9 cm³/mol. The summed E-state index contributed by atoms with van der Waals surface area (Å²) in [6, 6.07) is 4.33. The molecule has 0 aliphatic carbocycles. The summed E-state index contributed by atoms with van der Waals surface area (Å²) in [4.78, 5) is 26.1. The van der Waals surface area contributed by atoms with E-state index < -0.39 is 24.3 Å². The molecule has 0 aliphatic rings. The summed E-state index contributed by atoms with van der Waals surface area (Å²) in [5.41, 5.74) is 1.84. The molecule has 0 heterocycles. The van der Waals surface area contributed by atoms with Gasteiger partial charge in [0.2, 0.25) is 11.8 Å². The van der Waals surface area contributed by atoms with Crippen molar-refractivity contribution in [3.63, 3.8) is 0 Å². The summed E-state index contributed by atoms with van der Waals surface area (Å²) < 4.78 is 27.3. The summed E-state index contributed by atoms with van der Waals surface area (Å²) in [6.07, 6.45) is -4.47. The highest BCUT2D eigenvalue weighted by Crippen LogP contribution is 2.31. The molecule has 8 heteroatoms. The van der Waals surface area contributed by atoms with Crippen molar-refractivity contribution in [1.29, 1.82) is 0 Å².